The van der Waals surface area contributed by atoms with Gasteiger partial charge >= 0.3 is 0 Å². The molecule has 2 aromatic carbocycles. The maximum atomic E-state index is 10.1. The van der Waals surface area contributed by atoms with E-state index in [1.807, 2.05) is 49.4 Å². The molecule has 1 saturated heterocycles. The maximum absolute atomic E-state index is 10.1. The van der Waals surface area contributed by atoms with Crippen LogP contribution < -0.4 is 4.74 Å². The van der Waals surface area contributed by atoms with Gasteiger partial charge in [-0.1, -0.05) is 50.2 Å². The molecule has 1 aliphatic heterocycles. The van der Waals surface area contributed by atoms with Gasteiger partial charge in [0.25, 0.3) is 0 Å². The van der Waals surface area contributed by atoms with Gasteiger partial charge in [-0.2, -0.15) is 0 Å². The number of hydrogen-bond donors (Lipinski definition) is 1. The summed E-state index contributed by atoms with van der Waals surface area (Å²) in [6.45, 7) is 7.40. The van der Waals surface area contributed by atoms with Crippen LogP contribution in [0.3, 0.4) is 0 Å². The van der Waals surface area contributed by atoms with E-state index in [0.717, 1.165) is 11.1 Å². The molecule has 2 aromatic rings. The molecule has 0 amide bonds. The molecule has 3 rings (SSSR count). The van der Waals surface area contributed by atoms with E-state index in [2.05, 4.69) is 13.8 Å². The zero-order valence-electron chi connectivity index (χ0n) is 15.0. The molecule has 1 N–H and O–H groups in total. The zero-order valence-corrected chi connectivity index (χ0v) is 15.0. The molecule has 134 valence electrons. The van der Waals surface area contributed by atoms with Gasteiger partial charge in [0.05, 0.1) is 13.2 Å². The summed E-state index contributed by atoms with van der Waals surface area (Å²) >= 11 is 0. The van der Waals surface area contributed by atoms with E-state index in [1.54, 1.807) is 6.07 Å². The van der Waals surface area contributed by atoms with E-state index in [4.69, 9.17) is 14.2 Å². The largest absolute Gasteiger partial charge is 0.504 e. The van der Waals surface area contributed by atoms with Crippen LogP contribution in [0.4, 0.5) is 0 Å². The van der Waals surface area contributed by atoms with Crippen molar-refractivity contribution >= 4 is 0 Å². The van der Waals surface area contributed by atoms with E-state index in [1.165, 1.54) is 0 Å². The quantitative estimate of drug-likeness (QED) is 0.880. The molecule has 1 fully saturated rings. The normalized spacial score (nSPS) is 26.4. The van der Waals surface area contributed by atoms with Crippen LogP contribution in [0.1, 0.15) is 25.0 Å². The second-order valence-corrected chi connectivity index (χ2v) is 6.89. The summed E-state index contributed by atoms with van der Waals surface area (Å²) in [5.74, 6) is 1.21. The minimum absolute atomic E-state index is 0.113. The first-order valence-electron chi connectivity index (χ1n) is 8.78. The van der Waals surface area contributed by atoms with Crippen molar-refractivity contribution in [3.63, 3.8) is 0 Å². The first kappa shape index (κ1) is 17.8. The van der Waals surface area contributed by atoms with E-state index < -0.39 is 6.29 Å². The van der Waals surface area contributed by atoms with Crippen molar-refractivity contribution in [3.05, 3.63) is 59.7 Å². The lowest BCUT2D eigenvalue weighted by atomic mass is 9.88. The third-order valence-corrected chi connectivity index (χ3v) is 4.85. The van der Waals surface area contributed by atoms with Crippen LogP contribution in [0, 0.1) is 18.8 Å². The Morgan fingerprint density at radius 2 is 1.88 bits per heavy atom. The third-order valence-electron chi connectivity index (χ3n) is 4.85. The minimum atomic E-state index is -0.539. The average molecular weight is 342 g/mol. The van der Waals surface area contributed by atoms with Crippen LogP contribution in [0.25, 0.3) is 0 Å². The van der Waals surface area contributed by atoms with Gasteiger partial charge in [0.15, 0.2) is 11.5 Å². The predicted molar refractivity (Wildman–Crippen MR) is 96.6 cm³/mol. The van der Waals surface area contributed by atoms with Gasteiger partial charge in [0, 0.05) is 0 Å². The smallest absolute Gasteiger partial charge is 0.226 e. The van der Waals surface area contributed by atoms with Crippen molar-refractivity contribution in [2.75, 3.05) is 6.61 Å². The summed E-state index contributed by atoms with van der Waals surface area (Å²) < 4.78 is 18.1. The van der Waals surface area contributed by atoms with Crippen LogP contribution in [-0.2, 0) is 16.1 Å². The Kier molecular flexibility index (Phi) is 5.61. The second-order valence-electron chi connectivity index (χ2n) is 6.89. The molecular weight excluding hydrogens is 316 g/mol. The van der Waals surface area contributed by atoms with Gasteiger partial charge in [0.1, 0.15) is 6.10 Å². The number of phenols is 1. The van der Waals surface area contributed by atoms with Crippen molar-refractivity contribution in [2.45, 2.75) is 39.8 Å². The van der Waals surface area contributed by atoms with Crippen LogP contribution >= 0.6 is 0 Å². The maximum Gasteiger partial charge on any atom is 0.226 e. The first-order chi connectivity index (χ1) is 12.0. The fourth-order valence-corrected chi connectivity index (χ4v) is 3.00. The van der Waals surface area contributed by atoms with Crippen molar-refractivity contribution < 1.29 is 19.3 Å². The molecule has 4 heteroatoms. The summed E-state index contributed by atoms with van der Waals surface area (Å²) in [5.41, 5.74) is 2.14. The van der Waals surface area contributed by atoms with Crippen LogP contribution in [0.5, 0.6) is 11.5 Å². The monoisotopic (exact) mass is 342 g/mol. The second kappa shape index (κ2) is 7.89. The van der Waals surface area contributed by atoms with Crippen molar-refractivity contribution in [1.29, 1.82) is 0 Å². The number of aryl methyl sites for hydroxylation is 1. The molecule has 0 saturated carbocycles. The fraction of sp³-hybridized carbons (Fsp3) is 0.429. The highest BCUT2D eigenvalue weighted by Crippen LogP contribution is 2.34. The summed E-state index contributed by atoms with van der Waals surface area (Å²) in [6.07, 6.45) is -0.744. The molecule has 0 spiro atoms. The number of aromatic hydroxyl groups is 1. The highest BCUT2D eigenvalue weighted by Gasteiger charge is 2.38. The lowest BCUT2D eigenvalue weighted by Crippen LogP contribution is -2.48. The molecule has 0 radical (unpaired) electrons. The fourth-order valence-electron chi connectivity index (χ4n) is 3.00. The van der Waals surface area contributed by atoms with Crippen molar-refractivity contribution in [2.24, 2.45) is 11.8 Å². The Hall–Kier alpha value is -2.04. The summed E-state index contributed by atoms with van der Waals surface area (Å²) in [7, 11) is 0. The molecule has 1 heterocycles. The van der Waals surface area contributed by atoms with E-state index in [-0.39, 0.29) is 17.8 Å². The number of ether oxygens (including phenoxy) is 3. The minimum Gasteiger partial charge on any atom is -0.504 e. The Labute approximate surface area is 149 Å². The van der Waals surface area contributed by atoms with E-state index >= 15 is 0 Å². The molecule has 0 unspecified atom stereocenters. The van der Waals surface area contributed by atoms with Crippen molar-refractivity contribution in [3.8, 4) is 11.5 Å². The Morgan fingerprint density at radius 1 is 1.12 bits per heavy atom. The lowest BCUT2D eigenvalue weighted by Gasteiger charge is -2.39. The SMILES string of the molecule is Cc1ccc(O)c(O[C@@H]2OC[C@@H](C)[C@H](C)[C@H]2OCc2ccccc2)c1. The van der Waals surface area contributed by atoms with Gasteiger partial charge in [-0.3, -0.25) is 0 Å². The number of phenolic OH excluding ortho intramolecular Hbond substituents is 1. The van der Waals surface area contributed by atoms with E-state index in [9.17, 15) is 5.11 Å². The molecule has 0 aromatic heterocycles. The van der Waals surface area contributed by atoms with Crippen LogP contribution in [0.15, 0.2) is 48.5 Å². The molecule has 0 aliphatic carbocycles. The van der Waals surface area contributed by atoms with Gasteiger partial charge in [-0.05, 0) is 42.0 Å². The van der Waals surface area contributed by atoms with Gasteiger partial charge in [-0.15, -0.1) is 0 Å². The first-order valence-corrected chi connectivity index (χ1v) is 8.78. The summed E-state index contributed by atoms with van der Waals surface area (Å²) in [4.78, 5) is 0. The number of rotatable bonds is 5. The Bertz CT molecular complexity index is 686. The predicted octanol–water partition coefficient (Wildman–Crippen LogP) is 4.29. The zero-order chi connectivity index (χ0) is 17.8. The number of benzene rings is 2. The highest BCUT2D eigenvalue weighted by molar-refractivity contribution is 5.41. The average Bonchev–Trinajstić information content (AvgIpc) is 2.62. The molecule has 1 aliphatic rings. The Balaban J connectivity index is 1.74. The summed E-state index contributed by atoms with van der Waals surface area (Å²) in [6, 6.07) is 15.4. The lowest BCUT2D eigenvalue weighted by molar-refractivity contribution is -0.225. The van der Waals surface area contributed by atoms with Crippen LogP contribution in [-0.4, -0.2) is 24.1 Å². The Morgan fingerprint density at radius 3 is 2.64 bits per heavy atom. The van der Waals surface area contributed by atoms with Crippen molar-refractivity contribution in [1.82, 2.24) is 0 Å². The van der Waals surface area contributed by atoms with Crippen LogP contribution in [0.2, 0.25) is 0 Å². The van der Waals surface area contributed by atoms with Gasteiger partial charge in [0.2, 0.25) is 6.29 Å². The van der Waals surface area contributed by atoms with E-state index in [0.29, 0.717) is 24.9 Å². The van der Waals surface area contributed by atoms with Gasteiger partial charge < -0.3 is 19.3 Å². The molecule has 25 heavy (non-hydrogen) atoms. The standard InChI is InChI=1S/C21H26O4/c1-14-9-10-18(22)19(11-14)25-21-20(16(3)15(2)12-24-21)23-13-17-7-5-4-6-8-17/h4-11,15-16,20-22H,12-13H2,1-3H3/t15-,16+,20-,21+/m1/s1. The van der Waals surface area contributed by atoms with Gasteiger partial charge in [-0.25, -0.2) is 0 Å². The molecular formula is C21H26O4. The third kappa shape index (κ3) is 4.33. The number of hydrogen-bond acceptors (Lipinski definition) is 4. The molecule has 4 atom stereocenters. The topological polar surface area (TPSA) is 47.9 Å². The molecule has 4 nitrogen and oxygen atoms in total. The summed E-state index contributed by atoms with van der Waals surface area (Å²) in [5, 5.41) is 10.1. The highest BCUT2D eigenvalue weighted by atomic mass is 16.7. The molecule has 0 bridgehead atoms.